The van der Waals surface area contributed by atoms with Crippen LogP contribution in [0.3, 0.4) is 0 Å². The van der Waals surface area contributed by atoms with Gasteiger partial charge >= 0.3 is 67.2 Å². The first kappa shape index (κ1) is 19.8. The summed E-state index contributed by atoms with van der Waals surface area (Å²) in [6.07, 6.45) is -9.96. The van der Waals surface area contributed by atoms with Gasteiger partial charge in [-0.25, -0.2) is 0 Å². The van der Waals surface area contributed by atoms with Gasteiger partial charge in [-0.3, -0.25) is 4.79 Å². The van der Waals surface area contributed by atoms with E-state index >= 15 is 0 Å². The van der Waals surface area contributed by atoms with E-state index in [-0.39, 0.29) is 54.9 Å². The molecule has 1 N–H and O–H groups in total. The summed E-state index contributed by atoms with van der Waals surface area (Å²) in [6.45, 7) is 1.01. The van der Waals surface area contributed by atoms with Crippen LogP contribution in [0.2, 0.25) is 0 Å². The fourth-order valence-corrected chi connectivity index (χ4v) is 1.37. The van der Waals surface area contributed by atoms with Crippen molar-refractivity contribution in [2.75, 3.05) is 0 Å². The first-order chi connectivity index (χ1) is 8.43. The zero-order valence-corrected chi connectivity index (χ0v) is 9.43. The molecule has 0 aromatic heterocycles. The van der Waals surface area contributed by atoms with Crippen LogP contribution in [-0.4, -0.2) is 60.0 Å². The summed E-state index contributed by atoms with van der Waals surface area (Å²) in [5.41, 5.74) is -3.59. The topological polar surface area (TPSA) is 37.3 Å². The molecule has 0 amide bonds. The van der Waals surface area contributed by atoms with Crippen LogP contribution in [0.25, 0.3) is 0 Å². The number of hydrogen-bond donors (Lipinski definition) is 1. The van der Waals surface area contributed by atoms with Crippen molar-refractivity contribution >= 4 is 54.9 Å². The number of halogens is 6. The number of hydrogen-bond acceptors (Lipinski definition) is 1. The second-order valence-electron chi connectivity index (χ2n) is 3.90. The average Bonchev–Trinajstić information content (AvgIpc) is 2.24. The first-order valence-electron chi connectivity index (χ1n) is 4.95. The fourth-order valence-electron chi connectivity index (χ4n) is 1.37. The summed E-state index contributed by atoms with van der Waals surface area (Å²) in [7, 11) is 0. The predicted molar refractivity (Wildman–Crippen MR) is 61.0 cm³/mol. The van der Waals surface area contributed by atoms with E-state index in [4.69, 9.17) is 5.11 Å². The van der Waals surface area contributed by atoms with Crippen LogP contribution in [0, 0.1) is 0 Å². The number of carboxylic acid groups (broad SMARTS) is 1. The molecule has 0 bridgehead atoms. The molecule has 1 aromatic carbocycles. The second kappa shape index (κ2) is 6.73. The maximum absolute atomic E-state index is 12.5. The predicted octanol–water partition coefficient (Wildman–Crippen LogP) is 3.00. The molecule has 2 nitrogen and oxygen atoms in total. The SMILES string of the molecule is CC(C(=O)O)c1cc(C(F)(F)F)cc(C(F)(F)F)c1.[BaH2]. The molecular weight excluding hydrogens is 415 g/mol. The van der Waals surface area contributed by atoms with E-state index in [1.807, 2.05) is 0 Å². The summed E-state index contributed by atoms with van der Waals surface area (Å²) < 4.78 is 74.9. The molecule has 0 spiro atoms. The average molecular weight is 426 g/mol. The Labute approximate surface area is 150 Å². The Morgan fingerprint density at radius 1 is 1.00 bits per heavy atom. The number of benzene rings is 1. The van der Waals surface area contributed by atoms with E-state index < -0.39 is 40.9 Å². The number of alkyl halides is 6. The van der Waals surface area contributed by atoms with Gasteiger partial charge in [0, 0.05) is 0 Å². The van der Waals surface area contributed by atoms with Gasteiger partial charge in [-0.2, -0.15) is 26.3 Å². The molecule has 0 heterocycles. The Hall–Kier alpha value is -0.159. The van der Waals surface area contributed by atoms with Crippen LogP contribution >= 0.6 is 0 Å². The molecule has 0 saturated carbocycles. The van der Waals surface area contributed by atoms with E-state index in [2.05, 4.69) is 0 Å². The number of rotatable bonds is 2. The third-order valence-electron chi connectivity index (χ3n) is 2.48. The summed E-state index contributed by atoms with van der Waals surface area (Å²) in [4.78, 5) is 10.7. The molecule has 0 aliphatic rings. The number of carbonyl (C=O) groups is 1. The van der Waals surface area contributed by atoms with Gasteiger partial charge in [0.15, 0.2) is 0 Å². The molecule has 20 heavy (non-hydrogen) atoms. The van der Waals surface area contributed by atoms with E-state index in [9.17, 15) is 31.1 Å². The van der Waals surface area contributed by atoms with Gasteiger partial charge in [-0.1, -0.05) is 0 Å². The summed E-state index contributed by atoms with van der Waals surface area (Å²) >= 11 is 0. The number of aliphatic carboxylic acids is 1. The Morgan fingerprint density at radius 3 is 1.60 bits per heavy atom. The maximum atomic E-state index is 12.5. The Kier molecular flexibility index (Phi) is 6.68. The molecule has 0 fully saturated rings. The molecule has 1 aromatic rings. The summed E-state index contributed by atoms with van der Waals surface area (Å²) in [6, 6.07) is 0.778. The Morgan fingerprint density at radius 2 is 1.35 bits per heavy atom. The van der Waals surface area contributed by atoms with E-state index in [1.165, 1.54) is 0 Å². The van der Waals surface area contributed by atoms with Crippen molar-refractivity contribution in [3.05, 3.63) is 34.9 Å². The van der Waals surface area contributed by atoms with E-state index in [0.29, 0.717) is 12.1 Å². The molecule has 0 radical (unpaired) electrons. The minimum absolute atomic E-state index is 0. The molecule has 0 aliphatic carbocycles. The zero-order valence-electron chi connectivity index (χ0n) is 9.43. The fraction of sp³-hybridized carbons (Fsp3) is 0.364. The third kappa shape index (κ3) is 4.99. The minimum atomic E-state index is -4.98. The quantitative estimate of drug-likeness (QED) is 0.584. The van der Waals surface area contributed by atoms with E-state index in [1.54, 1.807) is 0 Å². The van der Waals surface area contributed by atoms with Gasteiger partial charge in [-0.05, 0) is 30.7 Å². The normalized spacial score (nSPS) is 13.6. The van der Waals surface area contributed by atoms with Crippen LogP contribution in [0.5, 0.6) is 0 Å². The van der Waals surface area contributed by atoms with Gasteiger partial charge in [0.25, 0.3) is 0 Å². The van der Waals surface area contributed by atoms with Gasteiger partial charge in [0.05, 0.1) is 17.0 Å². The van der Waals surface area contributed by atoms with E-state index in [0.717, 1.165) is 6.92 Å². The molecule has 110 valence electrons. The van der Waals surface area contributed by atoms with Gasteiger partial charge in [0.1, 0.15) is 0 Å². The van der Waals surface area contributed by atoms with Crippen LogP contribution < -0.4 is 0 Å². The Bertz CT molecular complexity index is 462. The van der Waals surface area contributed by atoms with Crippen molar-refractivity contribution in [1.29, 1.82) is 0 Å². The standard InChI is InChI=1S/C11H8F6O2.Ba.2H/c1-5(9(18)19)6-2-7(10(12,13)14)4-8(3-6)11(15,16)17;;;/h2-5H,1H3,(H,18,19);;;. The van der Waals surface area contributed by atoms with Crippen molar-refractivity contribution in [3.8, 4) is 0 Å². The first-order valence-corrected chi connectivity index (χ1v) is 4.95. The molecule has 0 saturated heterocycles. The Balaban J connectivity index is 0.00000361. The molecular formula is C11H10BaF6O2. The monoisotopic (exact) mass is 426 g/mol. The summed E-state index contributed by atoms with van der Waals surface area (Å²) in [5.74, 6) is -2.98. The molecule has 1 rings (SSSR count). The van der Waals surface area contributed by atoms with Crippen LogP contribution in [0.4, 0.5) is 26.3 Å². The van der Waals surface area contributed by atoms with Crippen LogP contribution in [0.15, 0.2) is 18.2 Å². The molecule has 0 aliphatic heterocycles. The molecule has 9 heteroatoms. The number of carboxylic acids is 1. The van der Waals surface area contributed by atoms with Crippen LogP contribution in [0.1, 0.15) is 29.5 Å². The van der Waals surface area contributed by atoms with Gasteiger partial charge < -0.3 is 5.11 Å². The van der Waals surface area contributed by atoms with Crippen molar-refractivity contribution in [2.45, 2.75) is 25.2 Å². The third-order valence-corrected chi connectivity index (χ3v) is 2.48. The van der Waals surface area contributed by atoms with Gasteiger partial charge in [0.2, 0.25) is 0 Å². The van der Waals surface area contributed by atoms with Crippen molar-refractivity contribution < 1.29 is 36.2 Å². The summed E-state index contributed by atoms with van der Waals surface area (Å²) in [5, 5.41) is 8.66. The second-order valence-corrected chi connectivity index (χ2v) is 3.90. The van der Waals surface area contributed by atoms with Gasteiger partial charge in [-0.15, -0.1) is 0 Å². The zero-order chi connectivity index (χ0) is 15.0. The molecule has 1 unspecified atom stereocenters. The van der Waals surface area contributed by atoms with Crippen molar-refractivity contribution in [2.24, 2.45) is 0 Å². The van der Waals surface area contributed by atoms with Crippen molar-refractivity contribution in [3.63, 3.8) is 0 Å². The van der Waals surface area contributed by atoms with Crippen molar-refractivity contribution in [1.82, 2.24) is 0 Å². The van der Waals surface area contributed by atoms with Crippen LogP contribution in [-0.2, 0) is 17.1 Å². The molecule has 1 atom stereocenters.